The Labute approximate surface area is 106 Å². The van der Waals surface area contributed by atoms with Gasteiger partial charge in [0.05, 0.1) is 12.0 Å². The average molecular weight is 266 g/mol. The molecule has 2 N–H and O–H groups in total. The maximum absolute atomic E-state index is 12.5. The normalized spacial score (nSPS) is 19.9. The lowest BCUT2D eigenvalue weighted by atomic mass is 9.95. The molecule has 3 nitrogen and oxygen atoms in total. The van der Waals surface area contributed by atoms with Gasteiger partial charge in [0.2, 0.25) is 5.91 Å². The van der Waals surface area contributed by atoms with E-state index in [4.69, 9.17) is 5.73 Å². The molecule has 0 bridgehead atoms. The maximum atomic E-state index is 12.5. The molecule has 0 unspecified atom stereocenters. The minimum atomic E-state index is -4.14. The van der Waals surface area contributed by atoms with Gasteiger partial charge in [0.15, 0.2) is 0 Å². The van der Waals surface area contributed by atoms with Crippen LogP contribution < -0.4 is 5.73 Å². The van der Waals surface area contributed by atoms with Crippen molar-refractivity contribution in [2.24, 2.45) is 11.7 Å². The number of likely N-dealkylation sites (tertiary alicyclic amines) is 1. The van der Waals surface area contributed by atoms with Crippen molar-refractivity contribution in [1.82, 2.24) is 4.90 Å². The van der Waals surface area contributed by atoms with Gasteiger partial charge in [-0.3, -0.25) is 4.79 Å². The average Bonchev–Trinajstić information content (AvgIpc) is 2.34. The number of rotatable bonds is 4. The second-order valence-corrected chi connectivity index (χ2v) is 4.89. The van der Waals surface area contributed by atoms with Gasteiger partial charge >= 0.3 is 6.18 Å². The summed E-state index contributed by atoms with van der Waals surface area (Å²) in [6.45, 7) is 2.34. The number of unbranched alkanes of at least 4 members (excludes halogenated alkanes) is 1. The van der Waals surface area contributed by atoms with Gasteiger partial charge < -0.3 is 10.6 Å². The summed E-state index contributed by atoms with van der Waals surface area (Å²) in [6, 6.07) is -0.563. The molecule has 1 rings (SSSR count). The first-order valence-electron chi connectivity index (χ1n) is 6.47. The molecule has 18 heavy (non-hydrogen) atoms. The fourth-order valence-corrected chi connectivity index (χ4v) is 2.21. The zero-order valence-corrected chi connectivity index (χ0v) is 10.7. The summed E-state index contributed by atoms with van der Waals surface area (Å²) in [6.07, 6.45) is -1.72. The van der Waals surface area contributed by atoms with E-state index in [9.17, 15) is 18.0 Å². The van der Waals surface area contributed by atoms with Crippen LogP contribution in [-0.2, 0) is 4.79 Å². The number of hydrogen-bond donors (Lipinski definition) is 1. The Balaban J connectivity index is 2.40. The van der Waals surface area contributed by atoms with E-state index in [-0.39, 0.29) is 31.8 Å². The van der Waals surface area contributed by atoms with Crippen molar-refractivity contribution in [1.29, 1.82) is 0 Å². The van der Waals surface area contributed by atoms with Gasteiger partial charge in [-0.25, -0.2) is 0 Å². The number of carbonyl (C=O) groups is 1. The van der Waals surface area contributed by atoms with Crippen molar-refractivity contribution >= 4 is 5.91 Å². The molecule has 1 aliphatic heterocycles. The van der Waals surface area contributed by atoms with Crippen LogP contribution in [0.25, 0.3) is 0 Å². The van der Waals surface area contributed by atoms with Crippen LogP contribution in [0.1, 0.15) is 39.0 Å². The molecule has 0 aromatic carbocycles. The molecule has 1 atom stereocenters. The zero-order valence-electron chi connectivity index (χ0n) is 10.7. The van der Waals surface area contributed by atoms with Gasteiger partial charge in [-0.05, 0) is 19.3 Å². The van der Waals surface area contributed by atoms with Crippen LogP contribution in [0, 0.1) is 5.92 Å². The lowest BCUT2D eigenvalue weighted by molar-refractivity contribution is -0.186. The molecule has 0 aromatic heterocycles. The minimum absolute atomic E-state index is 0.00423. The Bertz CT molecular complexity index is 273. The van der Waals surface area contributed by atoms with Crippen LogP contribution in [0.2, 0.25) is 0 Å². The monoisotopic (exact) mass is 266 g/mol. The number of halogens is 3. The van der Waals surface area contributed by atoms with E-state index in [1.807, 2.05) is 6.92 Å². The molecular weight excluding hydrogens is 245 g/mol. The summed E-state index contributed by atoms with van der Waals surface area (Å²) in [4.78, 5) is 13.4. The molecule has 106 valence electrons. The van der Waals surface area contributed by atoms with E-state index < -0.39 is 18.1 Å². The first-order chi connectivity index (χ1) is 8.36. The van der Waals surface area contributed by atoms with Gasteiger partial charge in [0.1, 0.15) is 0 Å². The summed E-state index contributed by atoms with van der Waals surface area (Å²) in [5.74, 6) is -1.47. The van der Waals surface area contributed by atoms with E-state index in [0.717, 1.165) is 12.8 Å². The Kier molecular flexibility index (Phi) is 5.44. The molecule has 1 amide bonds. The van der Waals surface area contributed by atoms with Gasteiger partial charge in [-0.2, -0.15) is 13.2 Å². The van der Waals surface area contributed by atoms with E-state index >= 15 is 0 Å². The molecule has 1 aliphatic rings. The quantitative estimate of drug-likeness (QED) is 0.848. The Hall–Kier alpha value is -0.780. The Morgan fingerprint density at radius 1 is 1.39 bits per heavy atom. The number of nitrogens with zero attached hydrogens (tertiary/aromatic N) is 1. The first kappa shape index (κ1) is 15.3. The highest BCUT2D eigenvalue weighted by atomic mass is 19.4. The number of piperidine rings is 1. The van der Waals surface area contributed by atoms with E-state index in [1.165, 1.54) is 4.90 Å². The molecule has 0 radical (unpaired) electrons. The highest BCUT2D eigenvalue weighted by molar-refractivity contribution is 5.81. The predicted octanol–water partition coefficient (Wildman–Crippen LogP) is 2.30. The van der Waals surface area contributed by atoms with Crippen molar-refractivity contribution in [3.63, 3.8) is 0 Å². The summed E-state index contributed by atoms with van der Waals surface area (Å²) in [7, 11) is 0. The van der Waals surface area contributed by atoms with Crippen LogP contribution in [0.4, 0.5) is 13.2 Å². The lowest BCUT2D eigenvalue weighted by Gasteiger charge is -2.34. The highest BCUT2D eigenvalue weighted by Gasteiger charge is 2.41. The van der Waals surface area contributed by atoms with E-state index in [1.54, 1.807) is 0 Å². The summed E-state index contributed by atoms with van der Waals surface area (Å²) < 4.78 is 37.4. The predicted molar refractivity (Wildman–Crippen MR) is 62.9 cm³/mol. The molecule has 0 spiro atoms. The van der Waals surface area contributed by atoms with Crippen molar-refractivity contribution in [2.45, 2.75) is 51.2 Å². The van der Waals surface area contributed by atoms with Crippen molar-refractivity contribution in [3.05, 3.63) is 0 Å². The lowest BCUT2D eigenvalue weighted by Crippen LogP contribution is -2.48. The van der Waals surface area contributed by atoms with Crippen LogP contribution in [0.15, 0.2) is 0 Å². The summed E-state index contributed by atoms with van der Waals surface area (Å²) in [5.41, 5.74) is 5.74. The highest BCUT2D eigenvalue weighted by Crippen LogP contribution is 2.34. The molecular formula is C12H21F3N2O. The SMILES string of the molecule is CCCC[C@H](N)C(=O)N1CCC(C(F)(F)F)CC1. The Morgan fingerprint density at radius 3 is 2.39 bits per heavy atom. The van der Waals surface area contributed by atoms with Gasteiger partial charge in [-0.15, -0.1) is 0 Å². The smallest absolute Gasteiger partial charge is 0.341 e. The molecule has 0 aromatic rings. The van der Waals surface area contributed by atoms with Crippen LogP contribution in [0.3, 0.4) is 0 Å². The topological polar surface area (TPSA) is 46.3 Å². The molecule has 0 saturated carbocycles. The van der Waals surface area contributed by atoms with Crippen LogP contribution in [-0.4, -0.2) is 36.1 Å². The van der Waals surface area contributed by atoms with Crippen molar-refractivity contribution in [3.8, 4) is 0 Å². The van der Waals surface area contributed by atoms with Gasteiger partial charge in [-0.1, -0.05) is 19.8 Å². The fourth-order valence-electron chi connectivity index (χ4n) is 2.21. The number of hydrogen-bond acceptors (Lipinski definition) is 2. The standard InChI is InChI=1S/C12H21F3N2O/c1-2-3-4-10(16)11(18)17-7-5-9(6-8-17)12(13,14)15/h9-10H,2-8,16H2,1H3/t10-/m0/s1. The maximum Gasteiger partial charge on any atom is 0.391 e. The van der Waals surface area contributed by atoms with Gasteiger partial charge in [0.25, 0.3) is 0 Å². The second-order valence-electron chi connectivity index (χ2n) is 4.89. The molecule has 6 heteroatoms. The number of carbonyl (C=O) groups excluding carboxylic acids is 1. The minimum Gasteiger partial charge on any atom is -0.341 e. The summed E-state index contributed by atoms with van der Waals surface area (Å²) in [5, 5.41) is 0. The third-order valence-electron chi connectivity index (χ3n) is 3.46. The number of alkyl halides is 3. The number of nitrogens with two attached hydrogens (primary N) is 1. The Morgan fingerprint density at radius 2 is 1.94 bits per heavy atom. The second kappa shape index (κ2) is 6.41. The third-order valence-corrected chi connectivity index (χ3v) is 3.46. The molecule has 1 fully saturated rings. The molecule has 0 aliphatic carbocycles. The summed E-state index contributed by atoms with van der Waals surface area (Å²) >= 11 is 0. The molecule has 1 saturated heterocycles. The van der Waals surface area contributed by atoms with Gasteiger partial charge in [0, 0.05) is 13.1 Å². The first-order valence-corrected chi connectivity index (χ1v) is 6.47. The van der Waals surface area contributed by atoms with E-state index in [2.05, 4.69) is 0 Å². The van der Waals surface area contributed by atoms with E-state index in [0.29, 0.717) is 6.42 Å². The zero-order chi connectivity index (χ0) is 13.8. The van der Waals surface area contributed by atoms with Crippen LogP contribution >= 0.6 is 0 Å². The van der Waals surface area contributed by atoms with Crippen molar-refractivity contribution < 1.29 is 18.0 Å². The third kappa shape index (κ3) is 4.15. The number of amides is 1. The van der Waals surface area contributed by atoms with Crippen LogP contribution in [0.5, 0.6) is 0 Å². The molecule has 1 heterocycles. The largest absolute Gasteiger partial charge is 0.391 e. The fraction of sp³-hybridized carbons (Fsp3) is 0.917. The van der Waals surface area contributed by atoms with Crippen molar-refractivity contribution in [2.75, 3.05) is 13.1 Å².